The van der Waals surface area contributed by atoms with Gasteiger partial charge in [0.2, 0.25) is 0 Å². The Labute approximate surface area is 56.6 Å². The number of nitrogens with one attached hydrogen (secondary N) is 2. The summed E-state index contributed by atoms with van der Waals surface area (Å²) in [6.07, 6.45) is 1.32. The van der Waals surface area contributed by atoms with Crippen molar-refractivity contribution in [2.24, 2.45) is 5.84 Å². The van der Waals surface area contributed by atoms with Gasteiger partial charge in [0, 0.05) is 0 Å². The van der Waals surface area contributed by atoms with Crippen molar-refractivity contribution in [1.29, 1.82) is 0 Å². The van der Waals surface area contributed by atoms with Gasteiger partial charge in [0.25, 0.3) is 5.91 Å². The van der Waals surface area contributed by atoms with Crippen LogP contribution in [0.2, 0.25) is 0 Å². The van der Waals surface area contributed by atoms with Crippen LogP contribution < -0.4 is 17.0 Å². The minimum atomic E-state index is -0.477. The molecule has 1 amide bonds. The van der Waals surface area contributed by atoms with Crippen LogP contribution in [-0.2, 0) is 0 Å². The maximum atomic E-state index is 10.7. The van der Waals surface area contributed by atoms with Crippen molar-refractivity contribution in [3.8, 4) is 0 Å². The molecule has 0 aliphatic heterocycles. The summed E-state index contributed by atoms with van der Waals surface area (Å²) < 4.78 is 0. The van der Waals surface area contributed by atoms with E-state index in [4.69, 9.17) is 11.6 Å². The number of nitrogen functional groups attached to an aromatic ring is 2. The second kappa shape index (κ2) is 2.36. The van der Waals surface area contributed by atoms with Gasteiger partial charge in [-0.05, 0) is 0 Å². The van der Waals surface area contributed by atoms with Crippen LogP contribution in [0.5, 0.6) is 0 Å². The molecule has 0 aliphatic carbocycles. The monoisotopic (exact) mass is 141 g/mol. The van der Waals surface area contributed by atoms with E-state index in [1.54, 1.807) is 0 Å². The zero-order valence-corrected chi connectivity index (χ0v) is 5.09. The number of carbonyl (C=O) groups excluding carboxylic acids is 1. The van der Waals surface area contributed by atoms with Gasteiger partial charge >= 0.3 is 0 Å². The average Bonchev–Trinajstić information content (AvgIpc) is 2.34. The lowest BCUT2D eigenvalue weighted by molar-refractivity contribution is 0.0950. The predicted octanol–water partition coefficient (Wildman–Crippen LogP) is -1.40. The van der Waals surface area contributed by atoms with Crippen LogP contribution in [0.3, 0.4) is 0 Å². The number of aromatic nitrogens is 2. The Hall–Kier alpha value is -1.56. The number of aromatic amines is 1. The standard InChI is InChI=1S/C4H7N5O/c5-3-2(4(10)9-6)7-1-8-3/h1H,5-6H2,(H,7,8)(H,9,10). The highest BCUT2D eigenvalue weighted by Gasteiger charge is 2.08. The van der Waals surface area contributed by atoms with Gasteiger partial charge in [-0.1, -0.05) is 0 Å². The summed E-state index contributed by atoms with van der Waals surface area (Å²) in [5, 5.41) is 0. The maximum absolute atomic E-state index is 10.7. The van der Waals surface area contributed by atoms with Crippen molar-refractivity contribution in [2.45, 2.75) is 0 Å². The SMILES string of the molecule is NNC(=O)c1[nH]cnc1N. The molecule has 1 heterocycles. The molecular formula is C4H7N5O. The number of H-pyrrole nitrogens is 1. The van der Waals surface area contributed by atoms with Gasteiger partial charge in [0.15, 0.2) is 5.82 Å². The van der Waals surface area contributed by atoms with E-state index in [2.05, 4.69) is 9.97 Å². The number of hydrogen-bond donors (Lipinski definition) is 4. The second-order valence-electron chi connectivity index (χ2n) is 1.64. The molecule has 6 heteroatoms. The number of anilines is 1. The molecule has 0 unspecified atom stereocenters. The van der Waals surface area contributed by atoms with Gasteiger partial charge in [-0.3, -0.25) is 10.2 Å². The summed E-state index contributed by atoms with van der Waals surface area (Å²) in [5.41, 5.74) is 7.36. The van der Waals surface area contributed by atoms with E-state index in [-0.39, 0.29) is 11.5 Å². The molecule has 0 saturated heterocycles. The van der Waals surface area contributed by atoms with Crippen molar-refractivity contribution in [2.75, 3.05) is 5.73 Å². The predicted molar refractivity (Wildman–Crippen MR) is 34.7 cm³/mol. The lowest BCUT2D eigenvalue weighted by Gasteiger charge is -1.94. The zero-order chi connectivity index (χ0) is 7.56. The first kappa shape index (κ1) is 6.56. The molecule has 6 N–H and O–H groups in total. The van der Waals surface area contributed by atoms with Crippen molar-refractivity contribution in [3.63, 3.8) is 0 Å². The summed E-state index contributed by atoms with van der Waals surface area (Å²) in [5.74, 6) is 4.49. The van der Waals surface area contributed by atoms with E-state index >= 15 is 0 Å². The fraction of sp³-hybridized carbons (Fsp3) is 0. The first-order valence-corrected chi connectivity index (χ1v) is 2.55. The van der Waals surface area contributed by atoms with Crippen molar-refractivity contribution in [1.82, 2.24) is 15.4 Å². The van der Waals surface area contributed by atoms with Crippen molar-refractivity contribution >= 4 is 11.7 Å². The Bertz CT molecular complexity index is 242. The van der Waals surface area contributed by atoms with Crippen molar-refractivity contribution < 1.29 is 4.79 Å². The number of nitrogens with zero attached hydrogens (tertiary/aromatic N) is 1. The van der Waals surface area contributed by atoms with Crippen LogP contribution in [0.1, 0.15) is 10.5 Å². The molecule has 0 bridgehead atoms. The molecular weight excluding hydrogens is 134 g/mol. The Morgan fingerprint density at radius 1 is 1.80 bits per heavy atom. The topological polar surface area (TPSA) is 110 Å². The minimum absolute atomic E-state index is 0.142. The molecule has 0 aliphatic rings. The van der Waals surface area contributed by atoms with Crippen LogP contribution in [-0.4, -0.2) is 15.9 Å². The molecule has 0 aromatic carbocycles. The molecule has 0 fully saturated rings. The van der Waals surface area contributed by atoms with Crippen molar-refractivity contribution in [3.05, 3.63) is 12.0 Å². The second-order valence-corrected chi connectivity index (χ2v) is 1.64. The molecule has 0 saturated carbocycles. The highest BCUT2D eigenvalue weighted by molar-refractivity contribution is 5.95. The number of hydrogen-bond acceptors (Lipinski definition) is 4. The number of carbonyl (C=O) groups is 1. The van der Waals surface area contributed by atoms with Gasteiger partial charge in [-0.15, -0.1) is 0 Å². The highest BCUT2D eigenvalue weighted by atomic mass is 16.2. The van der Waals surface area contributed by atoms with Crippen LogP contribution >= 0.6 is 0 Å². The van der Waals surface area contributed by atoms with Crippen LogP contribution in [0, 0.1) is 0 Å². The van der Waals surface area contributed by atoms with E-state index in [1.807, 2.05) is 5.43 Å². The van der Waals surface area contributed by atoms with Gasteiger partial charge in [-0.2, -0.15) is 0 Å². The number of nitrogens with two attached hydrogens (primary N) is 2. The van der Waals surface area contributed by atoms with Crippen LogP contribution in [0.15, 0.2) is 6.33 Å². The number of hydrazine groups is 1. The summed E-state index contributed by atoms with van der Waals surface area (Å²) in [7, 11) is 0. The highest BCUT2D eigenvalue weighted by Crippen LogP contribution is 2.01. The van der Waals surface area contributed by atoms with E-state index < -0.39 is 5.91 Å². The van der Waals surface area contributed by atoms with E-state index in [9.17, 15) is 4.79 Å². The lowest BCUT2D eigenvalue weighted by Crippen LogP contribution is -2.30. The fourth-order valence-electron chi connectivity index (χ4n) is 0.559. The third-order valence-electron chi connectivity index (χ3n) is 1.03. The molecule has 1 aromatic heterocycles. The molecule has 6 nitrogen and oxygen atoms in total. The smallest absolute Gasteiger partial charge is 0.285 e. The van der Waals surface area contributed by atoms with Gasteiger partial charge in [0.05, 0.1) is 6.33 Å². The molecule has 1 aromatic rings. The number of imidazole rings is 1. The average molecular weight is 141 g/mol. The molecule has 10 heavy (non-hydrogen) atoms. The third kappa shape index (κ3) is 0.914. The Balaban J connectivity index is 2.93. The van der Waals surface area contributed by atoms with E-state index in [0.717, 1.165) is 0 Å². The first-order chi connectivity index (χ1) is 4.75. The summed E-state index contributed by atoms with van der Waals surface area (Å²) in [6, 6.07) is 0. The van der Waals surface area contributed by atoms with Gasteiger partial charge in [0.1, 0.15) is 5.69 Å². The van der Waals surface area contributed by atoms with Crippen LogP contribution in [0.4, 0.5) is 5.82 Å². The first-order valence-electron chi connectivity index (χ1n) is 2.55. The molecule has 0 radical (unpaired) electrons. The fourth-order valence-corrected chi connectivity index (χ4v) is 0.559. The maximum Gasteiger partial charge on any atom is 0.285 e. The Morgan fingerprint density at radius 2 is 2.50 bits per heavy atom. The minimum Gasteiger partial charge on any atom is -0.382 e. The number of rotatable bonds is 1. The van der Waals surface area contributed by atoms with Crippen LogP contribution in [0.25, 0.3) is 0 Å². The lowest BCUT2D eigenvalue weighted by atomic mass is 10.4. The normalized spacial score (nSPS) is 9.30. The largest absolute Gasteiger partial charge is 0.382 e. The Morgan fingerprint density at radius 3 is 2.90 bits per heavy atom. The summed E-state index contributed by atoms with van der Waals surface area (Å²) in [6.45, 7) is 0. The molecule has 54 valence electrons. The molecule has 1 rings (SSSR count). The third-order valence-corrected chi connectivity index (χ3v) is 1.03. The summed E-state index contributed by atoms with van der Waals surface area (Å²) in [4.78, 5) is 16.8. The van der Waals surface area contributed by atoms with Gasteiger partial charge < -0.3 is 10.7 Å². The molecule has 0 spiro atoms. The molecule has 0 atom stereocenters. The zero-order valence-electron chi connectivity index (χ0n) is 5.09. The van der Waals surface area contributed by atoms with E-state index in [1.165, 1.54) is 6.33 Å². The van der Waals surface area contributed by atoms with E-state index in [0.29, 0.717) is 0 Å². The van der Waals surface area contributed by atoms with Gasteiger partial charge in [-0.25, -0.2) is 10.8 Å². The quantitative estimate of drug-likeness (QED) is 0.219. The Kier molecular flexibility index (Phi) is 1.55. The summed E-state index contributed by atoms with van der Waals surface area (Å²) >= 11 is 0. The number of amides is 1.